The van der Waals surface area contributed by atoms with Gasteiger partial charge in [-0.15, -0.1) is 0 Å². The first-order valence-corrected chi connectivity index (χ1v) is 6.74. The van der Waals surface area contributed by atoms with Crippen LogP contribution >= 0.6 is 0 Å². The van der Waals surface area contributed by atoms with Crippen molar-refractivity contribution in [1.29, 1.82) is 0 Å². The van der Waals surface area contributed by atoms with E-state index in [4.69, 9.17) is 0 Å². The topological polar surface area (TPSA) is 35.6 Å². The fourth-order valence-electron chi connectivity index (χ4n) is 2.51. The number of benzene rings is 1. The number of hydrogen-bond donors (Lipinski definition) is 1. The molecule has 104 valence electrons. The molecular formula is C15H23N3O. The van der Waals surface area contributed by atoms with Gasteiger partial charge in [-0.1, -0.05) is 23.8 Å². The molecule has 1 aromatic rings. The monoisotopic (exact) mass is 261 g/mol. The third-order valence-electron chi connectivity index (χ3n) is 3.59. The molecule has 1 N–H and O–H groups in total. The van der Waals surface area contributed by atoms with Crippen molar-refractivity contribution in [2.45, 2.75) is 20.0 Å². The number of nitrogens with one attached hydrogen (secondary N) is 1. The van der Waals surface area contributed by atoms with Gasteiger partial charge in [-0.05, 0) is 39.1 Å². The zero-order valence-electron chi connectivity index (χ0n) is 12.2. The summed E-state index contributed by atoms with van der Waals surface area (Å²) in [6, 6.07) is 6.41. The van der Waals surface area contributed by atoms with Crippen molar-refractivity contribution in [2.75, 3.05) is 33.7 Å². The molecule has 19 heavy (non-hydrogen) atoms. The molecule has 1 unspecified atom stereocenters. The maximum Gasteiger partial charge on any atom is 0.238 e. The molecule has 0 radical (unpaired) electrons. The second-order valence-corrected chi connectivity index (χ2v) is 5.53. The minimum atomic E-state index is 0.0213. The second kappa shape index (κ2) is 5.72. The lowest BCUT2D eigenvalue weighted by molar-refractivity contribution is -0.128. The summed E-state index contributed by atoms with van der Waals surface area (Å²) in [7, 11) is 4.06. The average Bonchev–Trinajstić information content (AvgIpc) is 2.68. The summed E-state index contributed by atoms with van der Waals surface area (Å²) in [6.45, 7) is 6.28. The average molecular weight is 261 g/mol. The summed E-state index contributed by atoms with van der Waals surface area (Å²) in [5.74, 6) is 0.187. The van der Waals surface area contributed by atoms with Crippen LogP contribution in [-0.4, -0.2) is 49.4 Å². The Hall–Kier alpha value is -1.39. The van der Waals surface area contributed by atoms with Crippen LogP contribution in [0.2, 0.25) is 0 Å². The van der Waals surface area contributed by atoms with Crippen LogP contribution in [0, 0.1) is 13.8 Å². The maximum absolute atomic E-state index is 12.0. The van der Waals surface area contributed by atoms with E-state index in [1.54, 1.807) is 0 Å². The molecule has 1 aliphatic rings. The summed E-state index contributed by atoms with van der Waals surface area (Å²) < 4.78 is 0. The van der Waals surface area contributed by atoms with E-state index >= 15 is 0 Å². The fourth-order valence-corrected chi connectivity index (χ4v) is 2.51. The molecule has 2 rings (SSSR count). The van der Waals surface area contributed by atoms with Crippen LogP contribution in [0.5, 0.6) is 0 Å². The molecule has 1 fully saturated rings. The predicted octanol–water partition coefficient (Wildman–Crippen LogP) is 1.30. The van der Waals surface area contributed by atoms with Crippen molar-refractivity contribution >= 4 is 5.91 Å². The second-order valence-electron chi connectivity index (χ2n) is 5.53. The van der Waals surface area contributed by atoms with E-state index in [1.165, 1.54) is 16.7 Å². The standard InChI is InChI=1S/C15H23N3O/c1-11-5-6-13(12(2)9-11)15-16-10-14(19)18(15)8-7-17(3)4/h5-6,9,15-16H,7-8,10H2,1-4H3. The van der Waals surface area contributed by atoms with Crippen LogP contribution < -0.4 is 5.32 Å². The van der Waals surface area contributed by atoms with Crippen molar-refractivity contribution in [3.8, 4) is 0 Å². The van der Waals surface area contributed by atoms with E-state index in [-0.39, 0.29) is 12.1 Å². The third-order valence-corrected chi connectivity index (χ3v) is 3.59. The molecule has 0 bridgehead atoms. The van der Waals surface area contributed by atoms with Gasteiger partial charge < -0.3 is 9.80 Å². The number of likely N-dealkylation sites (N-methyl/N-ethyl adjacent to an activating group) is 1. The molecular weight excluding hydrogens is 238 g/mol. The van der Waals surface area contributed by atoms with Crippen molar-refractivity contribution in [3.05, 3.63) is 34.9 Å². The molecule has 1 heterocycles. The number of carbonyl (C=O) groups is 1. The lowest BCUT2D eigenvalue weighted by atomic mass is 10.0. The smallest absolute Gasteiger partial charge is 0.238 e. The lowest BCUT2D eigenvalue weighted by Gasteiger charge is -2.27. The Labute approximate surface area is 115 Å². The van der Waals surface area contributed by atoms with E-state index in [2.05, 4.69) is 42.3 Å². The molecule has 1 atom stereocenters. The van der Waals surface area contributed by atoms with Gasteiger partial charge in [-0.2, -0.15) is 0 Å². The SMILES string of the molecule is Cc1ccc(C2NCC(=O)N2CCN(C)C)c(C)c1. The quantitative estimate of drug-likeness (QED) is 0.887. The Morgan fingerprint density at radius 3 is 2.74 bits per heavy atom. The number of amides is 1. The van der Waals surface area contributed by atoms with Gasteiger partial charge in [0.15, 0.2) is 0 Å². The highest BCUT2D eigenvalue weighted by atomic mass is 16.2. The molecule has 4 heteroatoms. The number of rotatable bonds is 4. The first kappa shape index (κ1) is 14.0. The van der Waals surface area contributed by atoms with E-state index in [0.29, 0.717) is 6.54 Å². The van der Waals surface area contributed by atoms with Crippen LogP contribution in [0.25, 0.3) is 0 Å². The van der Waals surface area contributed by atoms with Gasteiger partial charge in [0.2, 0.25) is 5.91 Å². The summed E-state index contributed by atoms with van der Waals surface area (Å²) in [4.78, 5) is 16.0. The molecule has 1 saturated heterocycles. The summed E-state index contributed by atoms with van der Waals surface area (Å²) in [6.07, 6.45) is 0.0213. The number of hydrogen-bond acceptors (Lipinski definition) is 3. The summed E-state index contributed by atoms with van der Waals surface area (Å²) in [5, 5.41) is 3.31. The third kappa shape index (κ3) is 3.14. The van der Waals surface area contributed by atoms with E-state index < -0.39 is 0 Å². The number of aryl methyl sites for hydroxylation is 2. The first-order valence-electron chi connectivity index (χ1n) is 6.74. The van der Waals surface area contributed by atoms with Crippen molar-refractivity contribution in [3.63, 3.8) is 0 Å². The zero-order valence-corrected chi connectivity index (χ0v) is 12.2. The molecule has 0 aromatic heterocycles. The van der Waals surface area contributed by atoms with Crippen LogP contribution in [0.15, 0.2) is 18.2 Å². The zero-order chi connectivity index (χ0) is 14.0. The largest absolute Gasteiger partial charge is 0.321 e. The van der Waals surface area contributed by atoms with E-state index in [1.807, 2.05) is 19.0 Å². The Morgan fingerprint density at radius 2 is 2.11 bits per heavy atom. The fraction of sp³-hybridized carbons (Fsp3) is 0.533. The van der Waals surface area contributed by atoms with Gasteiger partial charge in [0.25, 0.3) is 0 Å². The van der Waals surface area contributed by atoms with Crippen molar-refractivity contribution in [1.82, 2.24) is 15.1 Å². The number of nitrogens with zero attached hydrogens (tertiary/aromatic N) is 2. The van der Waals surface area contributed by atoms with Crippen LogP contribution in [0.1, 0.15) is 22.9 Å². The molecule has 0 spiro atoms. The Bertz CT molecular complexity index is 470. The highest BCUT2D eigenvalue weighted by molar-refractivity contribution is 5.81. The van der Waals surface area contributed by atoms with E-state index in [0.717, 1.165) is 13.1 Å². The molecule has 4 nitrogen and oxygen atoms in total. The van der Waals surface area contributed by atoms with Gasteiger partial charge in [-0.25, -0.2) is 0 Å². The normalized spacial score (nSPS) is 19.5. The van der Waals surface area contributed by atoms with E-state index in [9.17, 15) is 4.79 Å². The molecule has 1 amide bonds. The highest BCUT2D eigenvalue weighted by Crippen LogP contribution is 2.25. The van der Waals surface area contributed by atoms with Crippen molar-refractivity contribution in [2.24, 2.45) is 0 Å². The van der Waals surface area contributed by atoms with Crippen LogP contribution in [0.4, 0.5) is 0 Å². The Balaban J connectivity index is 2.19. The Kier molecular flexibility index (Phi) is 4.22. The maximum atomic E-state index is 12.0. The van der Waals surface area contributed by atoms with Crippen LogP contribution in [0.3, 0.4) is 0 Å². The predicted molar refractivity (Wildman–Crippen MR) is 76.9 cm³/mol. The summed E-state index contributed by atoms with van der Waals surface area (Å²) in [5.41, 5.74) is 3.70. The van der Waals surface area contributed by atoms with Gasteiger partial charge in [0, 0.05) is 13.1 Å². The number of carbonyl (C=O) groups excluding carboxylic acids is 1. The minimum Gasteiger partial charge on any atom is -0.321 e. The molecule has 1 aliphatic heterocycles. The molecule has 0 aliphatic carbocycles. The van der Waals surface area contributed by atoms with Crippen molar-refractivity contribution < 1.29 is 4.79 Å². The highest BCUT2D eigenvalue weighted by Gasteiger charge is 2.31. The lowest BCUT2D eigenvalue weighted by Crippen LogP contribution is -2.36. The van der Waals surface area contributed by atoms with Gasteiger partial charge in [-0.3, -0.25) is 10.1 Å². The Morgan fingerprint density at radius 1 is 1.37 bits per heavy atom. The van der Waals surface area contributed by atoms with Gasteiger partial charge in [0.05, 0.1) is 6.54 Å². The summed E-state index contributed by atoms with van der Waals surface area (Å²) >= 11 is 0. The van der Waals surface area contributed by atoms with Crippen LogP contribution in [-0.2, 0) is 4.79 Å². The molecule has 0 saturated carbocycles. The first-order chi connectivity index (χ1) is 8.99. The van der Waals surface area contributed by atoms with Gasteiger partial charge in [0.1, 0.15) is 6.17 Å². The minimum absolute atomic E-state index is 0.0213. The molecule has 1 aromatic carbocycles. The van der Waals surface area contributed by atoms with Gasteiger partial charge >= 0.3 is 0 Å².